The molecule has 82 valence electrons. The van der Waals surface area contributed by atoms with Gasteiger partial charge in [0.05, 0.1) is 13.2 Å². The van der Waals surface area contributed by atoms with Crippen molar-refractivity contribution in [1.82, 2.24) is 0 Å². The molecule has 0 aromatic heterocycles. The van der Waals surface area contributed by atoms with Crippen molar-refractivity contribution in [3.8, 4) is 0 Å². The molecule has 0 radical (unpaired) electrons. The molecule has 0 aliphatic rings. The van der Waals surface area contributed by atoms with Gasteiger partial charge in [0.15, 0.2) is 0 Å². The summed E-state index contributed by atoms with van der Waals surface area (Å²) < 4.78 is 4.51. The number of esters is 1. The minimum Gasteiger partial charge on any atom is -0.469 e. The third-order valence-electron chi connectivity index (χ3n) is 2.28. The van der Waals surface area contributed by atoms with E-state index in [0.717, 1.165) is 11.1 Å². The van der Waals surface area contributed by atoms with Crippen LogP contribution in [0.25, 0.3) is 0 Å². The van der Waals surface area contributed by atoms with E-state index in [1.165, 1.54) is 7.11 Å². The maximum atomic E-state index is 10.9. The van der Waals surface area contributed by atoms with E-state index < -0.39 is 6.10 Å². The number of methoxy groups -OCH3 is 1. The highest BCUT2D eigenvalue weighted by Crippen LogP contribution is 2.19. The minimum atomic E-state index is -0.594. The Morgan fingerprint density at radius 1 is 1.53 bits per heavy atom. The van der Waals surface area contributed by atoms with E-state index in [4.69, 9.17) is 0 Å². The van der Waals surface area contributed by atoms with Crippen LogP contribution in [-0.4, -0.2) is 18.2 Å². The lowest BCUT2D eigenvalue weighted by atomic mass is 10.0. The van der Waals surface area contributed by atoms with Gasteiger partial charge in [-0.05, 0) is 18.9 Å². The normalized spacial score (nSPS) is 12.2. The Bertz CT molecular complexity index is 333. The third-order valence-corrected chi connectivity index (χ3v) is 2.28. The molecule has 0 saturated carbocycles. The second kappa shape index (κ2) is 5.51. The maximum absolute atomic E-state index is 10.9. The molecule has 0 fully saturated rings. The van der Waals surface area contributed by atoms with Crippen LogP contribution in [0.5, 0.6) is 0 Å². The summed E-state index contributed by atoms with van der Waals surface area (Å²) in [6.45, 7) is 1.97. The molecule has 1 N–H and O–H groups in total. The Labute approximate surface area is 89.7 Å². The van der Waals surface area contributed by atoms with Gasteiger partial charge in [0.25, 0.3) is 0 Å². The first kappa shape index (κ1) is 11.7. The molecule has 1 atom stereocenters. The maximum Gasteiger partial charge on any atom is 0.305 e. The van der Waals surface area contributed by atoms with Crippen LogP contribution in [-0.2, 0) is 9.53 Å². The lowest BCUT2D eigenvalue weighted by molar-refractivity contribution is -0.141. The molecule has 0 heterocycles. The average molecular weight is 208 g/mol. The highest BCUT2D eigenvalue weighted by Gasteiger charge is 2.10. The van der Waals surface area contributed by atoms with Gasteiger partial charge in [0.1, 0.15) is 0 Å². The van der Waals surface area contributed by atoms with Crippen LogP contribution in [0.4, 0.5) is 0 Å². The van der Waals surface area contributed by atoms with Crippen molar-refractivity contribution in [3.63, 3.8) is 0 Å². The number of aliphatic hydroxyl groups is 1. The monoisotopic (exact) mass is 208 g/mol. The summed E-state index contributed by atoms with van der Waals surface area (Å²) in [4.78, 5) is 10.9. The SMILES string of the molecule is COC(=O)CCC(O)c1cccc(C)c1. The van der Waals surface area contributed by atoms with Crippen molar-refractivity contribution in [2.24, 2.45) is 0 Å². The van der Waals surface area contributed by atoms with Crippen LogP contribution in [0.3, 0.4) is 0 Å². The summed E-state index contributed by atoms with van der Waals surface area (Å²) in [5, 5.41) is 9.78. The predicted molar refractivity (Wildman–Crippen MR) is 57.4 cm³/mol. The second-order valence-electron chi connectivity index (χ2n) is 3.54. The molecule has 0 amide bonds. The molecule has 0 spiro atoms. The number of hydrogen-bond acceptors (Lipinski definition) is 3. The van der Waals surface area contributed by atoms with Gasteiger partial charge in [0.2, 0.25) is 0 Å². The summed E-state index contributed by atoms with van der Waals surface area (Å²) in [7, 11) is 1.35. The first-order valence-corrected chi connectivity index (χ1v) is 4.95. The number of hydrogen-bond donors (Lipinski definition) is 1. The van der Waals surface area contributed by atoms with Crippen molar-refractivity contribution < 1.29 is 14.6 Å². The Morgan fingerprint density at radius 2 is 2.27 bits per heavy atom. The molecule has 0 bridgehead atoms. The van der Waals surface area contributed by atoms with Crippen molar-refractivity contribution in [2.75, 3.05) is 7.11 Å². The van der Waals surface area contributed by atoms with Gasteiger partial charge in [-0.25, -0.2) is 0 Å². The van der Waals surface area contributed by atoms with Gasteiger partial charge < -0.3 is 9.84 Å². The van der Waals surface area contributed by atoms with Crippen molar-refractivity contribution in [3.05, 3.63) is 35.4 Å². The summed E-state index contributed by atoms with van der Waals surface area (Å²) in [5.41, 5.74) is 1.95. The zero-order chi connectivity index (χ0) is 11.3. The van der Waals surface area contributed by atoms with Crippen LogP contribution in [0.1, 0.15) is 30.1 Å². The predicted octanol–water partition coefficient (Wildman–Crippen LogP) is 1.98. The number of rotatable bonds is 4. The largest absolute Gasteiger partial charge is 0.469 e. The topological polar surface area (TPSA) is 46.5 Å². The molecule has 3 heteroatoms. The van der Waals surface area contributed by atoms with Crippen molar-refractivity contribution in [1.29, 1.82) is 0 Å². The fourth-order valence-electron chi connectivity index (χ4n) is 1.40. The van der Waals surface area contributed by atoms with Gasteiger partial charge >= 0.3 is 5.97 Å². The second-order valence-corrected chi connectivity index (χ2v) is 3.54. The number of benzene rings is 1. The Morgan fingerprint density at radius 3 is 2.87 bits per heavy atom. The van der Waals surface area contributed by atoms with Crippen molar-refractivity contribution in [2.45, 2.75) is 25.9 Å². The van der Waals surface area contributed by atoms with Crippen LogP contribution in [0, 0.1) is 6.92 Å². The Balaban J connectivity index is 2.53. The Kier molecular flexibility index (Phi) is 4.31. The highest BCUT2D eigenvalue weighted by atomic mass is 16.5. The van der Waals surface area contributed by atoms with Crippen molar-refractivity contribution >= 4 is 5.97 Å². The molecule has 0 saturated heterocycles. The fourth-order valence-corrected chi connectivity index (χ4v) is 1.40. The molecule has 1 aromatic rings. The summed E-state index contributed by atoms with van der Waals surface area (Å²) in [5.74, 6) is -0.290. The number of carbonyl (C=O) groups is 1. The van der Waals surface area contributed by atoms with E-state index in [1.807, 2.05) is 31.2 Å². The van der Waals surface area contributed by atoms with Gasteiger partial charge in [0, 0.05) is 6.42 Å². The standard InChI is InChI=1S/C12H16O3/c1-9-4-3-5-10(8-9)11(13)6-7-12(14)15-2/h3-5,8,11,13H,6-7H2,1-2H3. The first-order chi connectivity index (χ1) is 7.13. The van der Waals surface area contributed by atoms with Crippen LogP contribution in [0.15, 0.2) is 24.3 Å². The molecular weight excluding hydrogens is 192 g/mol. The van der Waals surface area contributed by atoms with E-state index in [0.29, 0.717) is 6.42 Å². The summed E-state index contributed by atoms with van der Waals surface area (Å²) >= 11 is 0. The van der Waals surface area contributed by atoms with Crippen LogP contribution >= 0.6 is 0 Å². The third kappa shape index (κ3) is 3.72. The van der Waals surface area contributed by atoms with E-state index in [-0.39, 0.29) is 12.4 Å². The number of ether oxygens (including phenoxy) is 1. The smallest absolute Gasteiger partial charge is 0.305 e. The first-order valence-electron chi connectivity index (χ1n) is 4.95. The van der Waals surface area contributed by atoms with Gasteiger partial charge in [-0.15, -0.1) is 0 Å². The number of carbonyl (C=O) groups excluding carboxylic acids is 1. The molecule has 1 unspecified atom stereocenters. The molecule has 1 aromatic carbocycles. The van der Waals surface area contributed by atoms with Crippen LogP contribution < -0.4 is 0 Å². The van der Waals surface area contributed by atoms with E-state index in [9.17, 15) is 9.90 Å². The minimum absolute atomic E-state index is 0.242. The number of aryl methyl sites for hydroxylation is 1. The fraction of sp³-hybridized carbons (Fsp3) is 0.417. The molecule has 0 aliphatic heterocycles. The molecule has 1 rings (SSSR count). The zero-order valence-electron chi connectivity index (χ0n) is 9.06. The zero-order valence-corrected chi connectivity index (χ0v) is 9.06. The van der Waals surface area contributed by atoms with E-state index in [1.54, 1.807) is 0 Å². The molecular formula is C12H16O3. The average Bonchev–Trinajstić information content (AvgIpc) is 2.25. The molecule has 3 nitrogen and oxygen atoms in total. The quantitative estimate of drug-likeness (QED) is 0.769. The van der Waals surface area contributed by atoms with Gasteiger partial charge in [-0.1, -0.05) is 29.8 Å². The van der Waals surface area contributed by atoms with E-state index >= 15 is 0 Å². The summed E-state index contributed by atoms with van der Waals surface area (Å²) in [6, 6.07) is 7.64. The van der Waals surface area contributed by atoms with Gasteiger partial charge in [-0.3, -0.25) is 4.79 Å². The molecule has 0 aliphatic carbocycles. The molecule has 15 heavy (non-hydrogen) atoms. The van der Waals surface area contributed by atoms with Gasteiger partial charge in [-0.2, -0.15) is 0 Å². The highest BCUT2D eigenvalue weighted by molar-refractivity contribution is 5.69. The van der Waals surface area contributed by atoms with Crippen LogP contribution in [0.2, 0.25) is 0 Å². The lowest BCUT2D eigenvalue weighted by Crippen LogP contribution is -2.04. The number of aliphatic hydroxyl groups excluding tert-OH is 1. The van der Waals surface area contributed by atoms with E-state index in [2.05, 4.69) is 4.74 Å². The lowest BCUT2D eigenvalue weighted by Gasteiger charge is -2.10. The Hall–Kier alpha value is -1.35. The summed E-state index contributed by atoms with van der Waals surface area (Å²) in [6.07, 6.45) is 0.0471.